The summed E-state index contributed by atoms with van der Waals surface area (Å²) in [6.45, 7) is 2.45. The monoisotopic (exact) mass is 338 g/mol. The highest BCUT2D eigenvalue weighted by molar-refractivity contribution is 6.44. The van der Waals surface area contributed by atoms with Gasteiger partial charge in [-0.3, -0.25) is 0 Å². The molecule has 6 heteroatoms. The number of unbranched alkanes of at least 4 members (excludes halogenated alkanes) is 6. The maximum Gasteiger partial charge on any atom is 0.331 e. The molecule has 0 aliphatic heterocycles. The van der Waals surface area contributed by atoms with Crippen molar-refractivity contribution in [2.45, 2.75) is 56.7 Å². The third-order valence-electron chi connectivity index (χ3n) is 2.70. The van der Waals surface area contributed by atoms with E-state index >= 15 is 0 Å². The predicted molar refractivity (Wildman–Crippen MR) is 84.5 cm³/mol. The summed E-state index contributed by atoms with van der Waals surface area (Å²) in [6.07, 6.45) is 10.1. The van der Waals surface area contributed by atoms with E-state index in [0.717, 1.165) is 31.4 Å². The summed E-state index contributed by atoms with van der Waals surface area (Å²) < 4.78 is 9.61. The van der Waals surface area contributed by atoms with Crippen molar-refractivity contribution in [3.8, 4) is 0 Å². The zero-order chi connectivity index (χ0) is 15.9. The number of carbonyl (C=O) groups excluding carboxylic acids is 2. The van der Waals surface area contributed by atoms with E-state index in [4.69, 9.17) is 27.9 Å². The maximum absolute atomic E-state index is 11.3. The van der Waals surface area contributed by atoms with Gasteiger partial charge in [-0.2, -0.15) is 0 Å². The van der Waals surface area contributed by atoms with Crippen LogP contribution in [0.4, 0.5) is 0 Å². The van der Waals surface area contributed by atoms with Crippen LogP contribution >= 0.6 is 23.2 Å². The number of esters is 2. The van der Waals surface area contributed by atoms with Crippen LogP contribution < -0.4 is 0 Å². The molecule has 0 amide bonds. The van der Waals surface area contributed by atoms with Crippen molar-refractivity contribution in [1.82, 2.24) is 0 Å². The fourth-order valence-corrected chi connectivity index (χ4v) is 1.74. The van der Waals surface area contributed by atoms with Gasteiger partial charge in [-0.05, 0) is 6.42 Å². The molecule has 0 rings (SSSR count). The second kappa shape index (κ2) is 14.2. The van der Waals surface area contributed by atoms with Gasteiger partial charge in [-0.15, -0.1) is 23.2 Å². The average molecular weight is 339 g/mol. The number of alkyl halides is 2. The van der Waals surface area contributed by atoms with Gasteiger partial charge in [-0.25, -0.2) is 9.59 Å². The zero-order valence-corrected chi connectivity index (χ0v) is 14.0. The number of rotatable bonds is 12. The molecule has 0 aromatic heterocycles. The summed E-state index contributed by atoms with van der Waals surface area (Å²) in [5.74, 6) is -1.22. The van der Waals surface area contributed by atoms with Crippen molar-refractivity contribution in [1.29, 1.82) is 0 Å². The minimum atomic E-state index is -0.772. The molecular formula is C15H24Cl2O4. The van der Waals surface area contributed by atoms with Crippen molar-refractivity contribution in [3.63, 3.8) is 0 Å². The third kappa shape index (κ3) is 15.5. The lowest BCUT2D eigenvalue weighted by Gasteiger charge is -2.03. The van der Waals surface area contributed by atoms with Gasteiger partial charge >= 0.3 is 11.9 Å². The van der Waals surface area contributed by atoms with E-state index in [9.17, 15) is 9.59 Å². The molecule has 0 aliphatic rings. The van der Waals surface area contributed by atoms with Crippen LogP contribution in [0.1, 0.15) is 51.9 Å². The molecule has 0 aliphatic carbocycles. The Morgan fingerprint density at radius 2 is 1.43 bits per heavy atom. The van der Waals surface area contributed by atoms with Crippen LogP contribution in [0.3, 0.4) is 0 Å². The molecule has 0 aromatic carbocycles. The summed E-state index contributed by atoms with van der Waals surface area (Å²) >= 11 is 10.8. The van der Waals surface area contributed by atoms with E-state index in [-0.39, 0.29) is 6.61 Å². The molecule has 0 radical (unpaired) electrons. The second-order valence-corrected chi connectivity index (χ2v) is 5.92. The first-order valence-electron chi connectivity index (χ1n) is 7.36. The lowest BCUT2D eigenvalue weighted by molar-refractivity contribution is -0.140. The van der Waals surface area contributed by atoms with Gasteiger partial charge in [-0.1, -0.05) is 45.4 Å². The molecule has 0 saturated carbocycles. The maximum atomic E-state index is 11.3. The molecule has 0 bridgehead atoms. The van der Waals surface area contributed by atoms with E-state index in [1.807, 2.05) is 0 Å². The quantitative estimate of drug-likeness (QED) is 0.232. The summed E-state index contributed by atoms with van der Waals surface area (Å²) in [5.41, 5.74) is 0. The number of hydrogen-bond acceptors (Lipinski definition) is 4. The van der Waals surface area contributed by atoms with Crippen LogP contribution in [0.2, 0.25) is 0 Å². The number of carbonyl (C=O) groups is 2. The highest BCUT2D eigenvalue weighted by Gasteiger charge is 2.04. The Kier molecular flexibility index (Phi) is 13.7. The topological polar surface area (TPSA) is 52.6 Å². The second-order valence-electron chi connectivity index (χ2n) is 4.64. The Bertz CT molecular complexity index is 317. The van der Waals surface area contributed by atoms with Gasteiger partial charge in [0.15, 0.2) is 0 Å². The van der Waals surface area contributed by atoms with E-state index < -0.39 is 16.8 Å². The van der Waals surface area contributed by atoms with Gasteiger partial charge in [0.05, 0.1) is 6.61 Å². The molecule has 0 heterocycles. The first-order chi connectivity index (χ1) is 10.1. The fourth-order valence-electron chi connectivity index (χ4n) is 1.61. The van der Waals surface area contributed by atoms with Gasteiger partial charge in [0.2, 0.25) is 0 Å². The number of ether oxygens (including phenoxy) is 2. The van der Waals surface area contributed by atoms with Gasteiger partial charge in [0, 0.05) is 12.2 Å². The first-order valence-corrected chi connectivity index (χ1v) is 8.23. The molecule has 21 heavy (non-hydrogen) atoms. The minimum Gasteiger partial charge on any atom is -0.463 e. The van der Waals surface area contributed by atoms with Crippen LogP contribution in [0.15, 0.2) is 12.2 Å². The smallest absolute Gasteiger partial charge is 0.331 e. The van der Waals surface area contributed by atoms with Crippen LogP contribution in [-0.4, -0.2) is 30.0 Å². The van der Waals surface area contributed by atoms with Crippen LogP contribution in [-0.2, 0) is 19.1 Å². The van der Waals surface area contributed by atoms with Crippen molar-refractivity contribution >= 4 is 35.1 Å². The fraction of sp³-hybridized carbons (Fsp3) is 0.733. The van der Waals surface area contributed by atoms with Crippen molar-refractivity contribution in [3.05, 3.63) is 12.2 Å². The molecule has 0 unspecified atom stereocenters. The van der Waals surface area contributed by atoms with E-state index in [1.54, 1.807) is 0 Å². The van der Waals surface area contributed by atoms with Gasteiger partial charge < -0.3 is 9.47 Å². The molecule has 0 N–H and O–H groups in total. The molecule has 122 valence electrons. The molecule has 0 spiro atoms. The highest BCUT2D eigenvalue weighted by Crippen LogP contribution is 2.07. The molecular weight excluding hydrogens is 315 g/mol. The Labute approximate surface area is 136 Å². The van der Waals surface area contributed by atoms with Crippen molar-refractivity contribution < 1.29 is 19.1 Å². The normalized spacial score (nSPS) is 11.0. The van der Waals surface area contributed by atoms with Crippen molar-refractivity contribution in [2.75, 3.05) is 13.2 Å². The molecule has 0 fully saturated rings. The van der Waals surface area contributed by atoms with Crippen LogP contribution in [0, 0.1) is 0 Å². The summed E-state index contributed by atoms with van der Waals surface area (Å²) in [7, 11) is 0. The summed E-state index contributed by atoms with van der Waals surface area (Å²) in [5, 5.41) is 0. The SMILES string of the molecule is CCCCCCCCCOC(=O)/C=C/C(=O)OCC(Cl)Cl. The van der Waals surface area contributed by atoms with Crippen LogP contribution in [0.5, 0.6) is 0 Å². The molecule has 4 nitrogen and oxygen atoms in total. The Morgan fingerprint density at radius 1 is 0.905 bits per heavy atom. The molecule has 0 aromatic rings. The lowest BCUT2D eigenvalue weighted by atomic mass is 10.1. The molecule has 0 atom stereocenters. The van der Waals surface area contributed by atoms with Crippen molar-refractivity contribution in [2.24, 2.45) is 0 Å². The third-order valence-corrected chi connectivity index (χ3v) is 2.95. The van der Waals surface area contributed by atoms with Crippen LogP contribution in [0.25, 0.3) is 0 Å². The summed E-state index contributed by atoms with van der Waals surface area (Å²) in [6, 6.07) is 0. The standard InChI is InChI=1S/C15H24Cl2O4/c1-2-3-4-5-6-7-8-11-20-14(18)9-10-15(19)21-12-13(16)17/h9-10,13H,2-8,11-12H2,1H3/b10-9+. The van der Waals surface area contributed by atoms with Gasteiger partial charge in [0.1, 0.15) is 11.4 Å². The largest absolute Gasteiger partial charge is 0.463 e. The lowest BCUT2D eigenvalue weighted by Crippen LogP contribution is -2.09. The highest BCUT2D eigenvalue weighted by atomic mass is 35.5. The molecule has 0 saturated heterocycles. The Morgan fingerprint density at radius 3 is 2.00 bits per heavy atom. The Hall–Kier alpha value is -0.740. The number of hydrogen-bond donors (Lipinski definition) is 0. The first kappa shape index (κ1) is 20.3. The predicted octanol–water partition coefficient (Wildman–Crippen LogP) is 4.18. The zero-order valence-electron chi connectivity index (χ0n) is 12.5. The summed E-state index contributed by atoms with van der Waals surface area (Å²) in [4.78, 5) is 21.6. The minimum absolute atomic E-state index is 0.112. The average Bonchev–Trinajstić information content (AvgIpc) is 2.45. The number of halogens is 2. The Balaban J connectivity index is 3.51. The van der Waals surface area contributed by atoms with E-state index in [1.165, 1.54) is 25.7 Å². The van der Waals surface area contributed by atoms with E-state index in [0.29, 0.717) is 6.61 Å². The van der Waals surface area contributed by atoms with Gasteiger partial charge in [0.25, 0.3) is 0 Å². The van der Waals surface area contributed by atoms with E-state index in [2.05, 4.69) is 11.7 Å².